The Bertz CT molecular complexity index is 668. The van der Waals surface area contributed by atoms with Gasteiger partial charge in [0.05, 0.1) is 14.2 Å². The van der Waals surface area contributed by atoms with Crippen LogP contribution in [0.2, 0.25) is 0 Å². The molecule has 0 unspecified atom stereocenters. The van der Waals surface area contributed by atoms with Crippen molar-refractivity contribution in [2.24, 2.45) is 0 Å². The van der Waals surface area contributed by atoms with E-state index < -0.39 is 5.56 Å². The molecule has 2 aromatic rings. The molecule has 0 bridgehead atoms. The molecule has 0 amide bonds. The normalized spacial score (nSPS) is 9.94. The minimum absolute atomic E-state index is 0.0726. The molecule has 0 saturated carbocycles. The smallest absolute Gasteiger partial charge is 0.266 e. The second-order valence-electron chi connectivity index (χ2n) is 3.40. The first-order chi connectivity index (χ1) is 8.21. The fraction of sp³-hybridized carbons (Fsp3) is 0.167. The number of fused-ring (bicyclic) bond motifs is 1. The Morgan fingerprint density at radius 3 is 2.47 bits per heavy atom. The predicted octanol–water partition coefficient (Wildman–Crippen LogP) is 1.42. The van der Waals surface area contributed by atoms with E-state index in [0.29, 0.717) is 16.9 Å². The number of pyridine rings is 1. The molecule has 0 atom stereocenters. The van der Waals surface area contributed by atoms with Gasteiger partial charge in [-0.3, -0.25) is 4.79 Å². The van der Waals surface area contributed by atoms with Crippen molar-refractivity contribution in [3.8, 4) is 17.6 Å². The molecule has 5 nitrogen and oxygen atoms in total. The Labute approximate surface area is 97.2 Å². The summed E-state index contributed by atoms with van der Waals surface area (Å²) in [6, 6.07) is 5.23. The maximum atomic E-state index is 11.5. The van der Waals surface area contributed by atoms with Gasteiger partial charge < -0.3 is 14.5 Å². The summed E-state index contributed by atoms with van der Waals surface area (Å²) in [5.41, 5.74) is -0.337. The molecular formula is C12H10N2O3. The Balaban J connectivity index is 2.89. The Morgan fingerprint density at radius 2 is 1.88 bits per heavy atom. The van der Waals surface area contributed by atoms with Crippen LogP contribution in [0.5, 0.6) is 11.5 Å². The Kier molecular flexibility index (Phi) is 2.71. The van der Waals surface area contributed by atoms with E-state index in [-0.39, 0.29) is 5.56 Å². The van der Waals surface area contributed by atoms with E-state index in [2.05, 4.69) is 4.98 Å². The van der Waals surface area contributed by atoms with Crippen molar-refractivity contribution < 1.29 is 9.47 Å². The predicted molar refractivity (Wildman–Crippen MR) is 62.4 cm³/mol. The topological polar surface area (TPSA) is 75.1 Å². The lowest BCUT2D eigenvalue weighted by Gasteiger charge is -2.09. The van der Waals surface area contributed by atoms with Gasteiger partial charge in [0.15, 0.2) is 11.5 Å². The average Bonchev–Trinajstić information content (AvgIpc) is 2.37. The molecule has 0 aliphatic heterocycles. The second kappa shape index (κ2) is 4.18. The fourth-order valence-corrected chi connectivity index (χ4v) is 1.68. The average molecular weight is 230 g/mol. The van der Waals surface area contributed by atoms with Gasteiger partial charge in [-0.2, -0.15) is 5.26 Å². The van der Waals surface area contributed by atoms with Crippen molar-refractivity contribution in [3.63, 3.8) is 0 Å². The number of hydrogen-bond donors (Lipinski definition) is 1. The van der Waals surface area contributed by atoms with Gasteiger partial charge in [-0.25, -0.2) is 0 Å². The van der Waals surface area contributed by atoms with E-state index in [4.69, 9.17) is 14.7 Å². The van der Waals surface area contributed by atoms with Gasteiger partial charge in [0.25, 0.3) is 5.56 Å². The van der Waals surface area contributed by atoms with Crippen LogP contribution in [-0.4, -0.2) is 19.2 Å². The Morgan fingerprint density at radius 1 is 1.24 bits per heavy atom. The number of aromatic nitrogens is 1. The minimum Gasteiger partial charge on any atom is -0.493 e. The molecule has 0 saturated heterocycles. The quantitative estimate of drug-likeness (QED) is 0.846. The summed E-state index contributed by atoms with van der Waals surface area (Å²) >= 11 is 0. The fourth-order valence-electron chi connectivity index (χ4n) is 1.68. The van der Waals surface area contributed by atoms with Crippen molar-refractivity contribution in [1.82, 2.24) is 4.98 Å². The molecule has 0 aliphatic carbocycles. The van der Waals surface area contributed by atoms with Crippen LogP contribution in [0.3, 0.4) is 0 Å². The number of aromatic amines is 1. The van der Waals surface area contributed by atoms with Gasteiger partial charge in [-0.1, -0.05) is 0 Å². The standard InChI is InChI=1S/C12H10N2O3/c1-16-10-3-7-6-14-12(15)9(5-13)8(7)4-11(10)17-2/h3-4,6H,1-2H3,(H,14,15). The van der Waals surface area contributed by atoms with Crippen LogP contribution in [0.4, 0.5) is 0 Å². The first kappa shape index (κ1) is 11.0. The number of methoxy groups -OCH3 is 2. The van der Waals surface area contributed by atoms with Crippen LogP contribution >= 0.6 is 0 Å². The van der Waals surface area contributed by atoms with E-state index >= 15 is 0 Å². The molecule has 17 heavy (non-hydrogen) atoms. The first-order valence-electron chi connectivity index (χ1n) is 4.88. The van der Waals surface area contributed by atoms with Gasteiger partial charge >= 0.3 is 0 Å². The lowest BCUT2D eigenvalue weighted by atomic mass is 10.1. The van der Waals surface area contributed by atoms with E-state index in [1.807, 2.05) is 6.07 Å². The molecule has 0 aliphatic rings. The van der Waals surface area contributed by atoms with Crippen molar-refractivity contribution in [2.75, 3.05) is 14.2 Å². The van der Waals surface area contributed by atoms with Crippen LogP contribution in [0, 0.1) is 11.3 Å². The van der Waals surface area contributed by atoms with Gasteiger partial charge in [-0.15, -0.1) is 0 Å². The number of nitrogens with zero attached hydrogens (tertiary/aromatic N) is 1. The van der Waals surface area contributed by atoms with Gasteiger partial charge in [-0.05, 0) is 12.1 Å². The third-order valence-electron chi connectivity index (χ3n) is 2.52. The summed E-state index contributed by atoms with van der Waals surface area (Å²) in [6.45, 7) is 0. The van der Waals surface area contributed by atoms with Gasteiger partial charge in [0.2, 0.25) is 0 Å². The summed E-state index contributed by atoms with van der Waals surface area (Å²) in [6.07, 6.45) is 1.54. The summed E-state index contributed by atoms with van der Waals surface area (Å²) in [4.78, 5) is 14.0. The van der Waals surface area contributed by atoms with Crippen molar-refractivity contribution in [2.45, 2.75) is 0 Å². The van der Waals surface area contributed by atoms with Crippen LogP contribution in [-0.2, 0) is 0 Å². The molecular weight excluding hydrogens is 220 g/mol. The van der Waals surface area contributed by atoms with Gasteiger partial charge in [0.1, 0.15) is 11.6 Å². The number of ether oxygens (including phenoxy) is 2. The zero-order chi connectivity index (χ0) is 12.4. The zero-order valence-corrected chi connectivity index (χ0v) is 9.40. The zero-order valence-electron chi connectivity index (χ0n) is 9.40. The number of benzene rings is 1. The minimum atomic E-state index is -0.410. The Hall–Kier alpha value is -2.48. The molecule has 2 rings (SSSR count). The molecule has 1 N–H and O–H groups in total. The molecule has 0 fully saturated rings. The number of rotatable bonds is 2. The van der Waals surface area contributed by atoms with Crippen LogP contribution in [0.1, 0.15) is 5.56 Å². The highest BCUT2D eigenvalue weighted by Crippen LogP contribution is 2.32. The molecule has 0 radical (unpaired) electrons. The highest BCUT2D eigenvalue weighted by atomic mass is 16.5. The highest BCUT2D eigenvalue weighted by molar-refractivity contribution is 5.89. The first-order valence-corrected chi connectivity index (χ1v) is 4.88. The van der Waals surface area contributed by atoms with E-state index in [9.17, 15) is 4.79 Å². The van der Waals surface area contributed by atoms with E-state index in [1.54, 1.807) is 18.3 Å². The summed E-state index contributed by atoms with van der Waals surface area (Å²) in [5, 5.41) is 10.2. The lowest BCUT2D eigenvalue weighted by Crippen LogP contribution is -2.09. The maximum Gasteiger partial charge on any atom is 0.266 e. The summed E-state index contributed by atoms with van der Waals surface area (Å²) < 4.78 is 10.3. The third-order valence-corrected chi connectivity index (χ3v) is 2.52. The summed E-state index contributed by atoms with van der Waals surface area (Å²) in [5.74, 6) is 1.04. The van der Waals surface area contributed by atoms with Gasteiger partial charge in [0, 0.05) is 17.0 Å². The van der Waals surface area contributed by atoms with E-state index in [0.717, 1.165) is 5.39 Å². The number of hydrogen-bond acceptors (Lipinski definition) is 4. The third kappa shape index (κ3) is 1.70. The van der Waals surface area contributed by atoms with Crippen LogP contribution in [0.15, 0.2) is 23.1 Å². The summed E-state index contributed by atoms with van der Waals surface area (Å²) in [7, 11) is 3.03. The highest BCUT2D eigenvalue weighted by Gasteiger charge is 2.11. The van der Waals surface area contributed by atoms with Crippen LogP contribution in [0.25, 0.3) is 10.8 Å². The largest absolute Gasteiger partial charge is 0.493 e. The number of nitrogens with one attached hydrogen (secondary N) is 1. The molecule has 1 heterocycles. The number of H-pyrrole nitrogens is 1. The molecule has 1 aromatic heterocycles. The van der Waals surface area contributed by atoms with Crippen molar-refractivity contribution in [3.05, 3.63) is 34.2 Å². The molecule has 1 aromatic carbocycles. The molecule has 5 heteroatoms. The monoisotopic (exact) mass is 230 g/mol. The second-order valence-corrected chi connectivity index (χ2v) is 3.40. The number of nitriles is 1. The van der Waals surface area contributed by atoms with Crippen LogP contribution < -0.4 is 15.0 Å². The maximum absolute atomic E-state index is 11.5. The molecule has 0 spiro atoms. The van der Waals surface area contributed by atoms with E-state index in [1.165, 1.54) is 14.2 Å². The SMILES string of the molecule is COc1cc2c[nH]c(=O)c(C#N)c2cc1OC. The van der Waals surface area contributed by atoms with Crippen molar-refractivity contribution >= 4 is 10.8 Å². The lowest BCUT2D eigenvalue weighted by molar-refractivity contribution is 0.356. The van der Waals surface area contributed by atoms with Crippen molar-refractivity contribution in [1.29, 1.82) is 5.26 Å². The molecule has 86 valence electrons.